The molecule has 0 saturated carbocycles. The zero-order valence-electron chi connectivity index (χ0n) is 8.12. The molecule has 2 N–H and O–H groups in total. The van der Waals surface area contributed by atoms with Crippen LogP contribution in [0.5, 0.6) is 0 Å². The molecular formula is C11H13NO2. The zero-order chi connectivity index (χ0) is 9.97. The SMILES string of the molecule is CCOCc1cc2cc(N)ccc2o1. The van der Waals surface area contributed by atoms with Crippen LogP contribution in [-0.4, -0.2) is 6.61 Å². The Morgan fingerprint density at radius 3 is 3.00 bits per heavy atom. The van der Waals surface area contributed by atoms with Crippen LogP contribution >= 0.6 is 0 Å². The van der Waals surface area contributed by atoms with Gasteiger partial charge in [0.05, 0.1) is 0 Å². The van der Waals surface area contributed by atoms with Gasteiger partial charge in [-0.2, -0.15) is 0 Å². The molecule has 0 radical (unpaired) electrons. The van der Waals surface area contributed by atoms with Gasteiger partial charge in [-0.05, 0) is 31.2 Å². The summed E-state index contributed by atoms with van der Waals surface area (Å²) >= 11 is 0. The predicted octanol–water partition coefficient (Wildman–Crippen LogP) is 2.55. The van der Waals surface area contributed by atoms with Crippen molar-refractivity contribution < 1.29 is 9.15 Å². The molecule has 0 bridgehead atoms. The van der Waals surface area contributed by atoms with E-state index in [-0.39, 0.29) is 0 Å². The number of hydrogen-bond acceptors (Lipinski definition) is 3. The minimum Gasteiger partial charge on any atom is -0.459 e. The number of benzene rings is 1. The van der Waals surface area contributed by atoms with Gasteiger partial charge < -0.3 is 14.9 Å². The summed E-state index contributed by atoms with van der Waals surface area (Å²) in [7, 11) is 0. The van der Waals surface area contributed by atoms with Crippen molar-refractivity contribution in [2.24, 2.45) is 0 Å². The summed E-state index contributed by atoms with van der Waals surface area (Å²) in [6, 6.07) is 7.56. The monoisotopic (exact) mass is 191 g/mol. The maximum Gasteiger partial charge on any atom is 0.134 e. The van der Waals surface area contributed by atoms with Crippen LogP contribution < -0.4 is 5.73 Å². The van der Waals surface area contributed by atoms with Crippen LogP contribution in [-0.2, 0) is 11.3 Å². The number of nitrogens with two attached hydrogens (primary N) is 1. The highest BCUT2D eigenvalue weighted by molar-refractivity contribution is 5.81. The van der Waals surface area contributed by atoms with Crippen molar-refractivity contribution in [2.75, 3.05) is 12.3 Å². The summed E-state index contributed by atoms with van der Waals surface area (Å²) in [5, 5.41) is 1.03. The third-order valence-electron chi connectivity index (χ3n) is 2.04. The van der Waals surface area contributed by atoms with Gasteiger partial charge in [-0.15, -0.1) is 0 Å². The van der Waals surface area contributed by atoms with Crippen molar-refractivity contribution in [1.29, 1.82) is 0 Å². The molecule has 0 atom stereocenters. The Morgan fingerprint density at radius 2 is 2.21 bits per heavy atom. The number of fused-ring (bicyclic) bond motifs is 1. The van der Waals surface area contributed by atoms with Crippen LogP contribution in [0.25, 0.3) is 11.0 Å². The van der Waals surface area contributed by atoms with Gasteiger partial charge in [0.15, 0.2) is 0 Å². The number of ether oxygens (including phenoxy) is 1. The first-order valence-corrected chi connectivity index (χ1v) is 4.65. The van der Waals surface area contributed by atoms with E-state index < -0.39 is 0 Å². The third kappa shape index (κ3) is 1.72. The third-order valence-corrected chi connectivity index (χ3v) is 2.04. The molecule has 0 fully saturated rings. The lowest BCUT2D eigenvalue weighted by Crippen LogP contribution is -1.88. The maximum atomic E-state index is 5.66. The number of furan rings is 1. The fourth-order valence-corrected chi connectivity index (χ4v) is 1.39. The zero-order valence-corrected chi connectivity index (χ0v) is 8.12. The normalized spacial score (nSPS) is 10.9. The quantitative estimate of drug-likeness (QED) is 0.758. The fraction of sp³-hybridized carbons (Fsp3) is 0.273. The highest BCUT2D eigenvalue weighted by Crippen LogP contribution is 2.21. The molecule has 0 aliphatic rings. The molecule has 0 saturated heterocycles. The lowest BCUT2D eigenvalue weighted by atomic mass is 10.2. The second-order valence-electron chi connectivity index (χ2n) is 3.15. The van der Waals surface area contributed by atoms with E-state index in [4.69, 9.17) is 14.9 Å². The number of hydrogen-bond donors (Lipinski definition) is 1. The van der Waals surface area contributed by atoms with Gasteiger partial charge in [0.1, 0.15) is 18.0 Å². The Bertz CT molecular complexity index is 434. The standard InChI is InChI=1S/C11H13NO2/c1-2-13-7-10-6-8-5-9(12)3-4-11(8)14-10/h3-6H,2,7,12H2,1H3. The largest absolute Gasteiger partial charge is 0.459 e. The Hall–Kier alpha value is -1.48. The van der Waals surface area contributed by atoms with Crippen molar-refractivity contribution in [3.8, 4) is 0 Å². The molecule has 3 heteroatoms. The highest BCUT2D eigenvalue weighted by Gasteiger charge is 2.03. The van der Waals surface area contributed by atoms with Crippen LogP contribution in [0.2, 0.25) is 0 Å². The lowest BCUT2D eigenvalue weighted by molar-refractivity contribution is 0.119. The second-order valence-corrected chi connectivity index (χ2v) is 3.15. The Labute approximate surface area is 82.5 Å². The molecular weight excluding hydrogens is 178 g/mol. The molecule has 0 spiro atoms. The van der Waals surface area contributed by atoms with Crippen LogP contribution in [0.1, 0.15) is 12.7 Å². The second kappa shape index (κ2) is 3.72. The Kier molecular flexibility index (Phi) is 2.41. The van der Waals surface area contributed by atoms with Gasteiger partial charge in [-0.3, -0.25) is 0 Å². The molecule has 1 aromatic carbocycles. The number of nitrogen functional groups attached to an aromatic ring is 1. The first kappa shape index (κ1) is 9.09. The van der Waals surface area contributed by atoms with E-state index in [2.05, 4.69) is 0 Å². The van der Waals surface area contributed by atoms with Crippen molar-refractivity contribution in [3.05, 3.63) is 30.0 Å². The van der Waals surface area contributed by atoms with Gasteiger partial charge in [0.2, 0.25) is 0 Å². The minimum atomic E-state index is 0.519. The van der Waals surface area contributed by atoms with Gasteiger partial charge in [-0.25, -0.2) is 0 Å². The van der Waals surface area contributed by atoms with E-state index in [9.17, 15) is 0 Å². The molecule has 74 valence electrons. The fourth-order valence-electron chi connectivity index (χ4n) is 1.39. The molecule has 0 unspecified atom stereocenters. The Balaban J connectivity index is 2.32. The average molecular weight is 191 g/mol. The van der Waals surface area contributed by atoms with Gasteiger partial charge in [-0.1, -0.05) is 0 Å². The van der Waals surface area contributed by atoms with E-state index in [1.165, 1.54) is 0 Å². The average Bonchev–Trinajstić information content (AvgIpc) is 2.56. The smallest absolute Gasteiger partial charge is 0.134 e. The molecule has 0 amide bonds. The van der Waals surface area contributed by atoms with Crippen LogP contribution in [0.15, 0.2) is 28.7 Å². The summed E-state index contributed by atoms with van der Waals surface area (Å²) in [5.41, 5.74) is 7.27. The first-order chi connectivity index (χ1) is 6.79. The topological polar surface area (TPSA) is 48.4 Å². The number of anilines is 1. The van der Waals surface area contributed by atoms with Crippen molar-refractivity contribution in [3.63, 3.8) is 0 Å². The van der Waals surface area contributed by atoms with Gasteiger partial charge >= 0.3 is 0 Å². The van der Waals surface area contributed by atoms with Gasteiger partial charge in [0.25, 0.3) is 0 Å². The Morgan fingerprint density at radius 1 is 1.36 bits per heavy atom. The van der Waals surface area contributed by atoms with Gasteiger partial charge in [0, 0.05) is 17.7 Å². The summed E-state index contributed by atoms with van der Waals surface area (Å²) in [5.74, 6) is 0.840. The van der Waals surface area contributed by atoms with Crippen molar-refractivity contribution in [1.82, 2.24) is 0 Å². The molecule has 2 aromatic rings. The first-order valence-electron chi connectivity index (χ1n) is 4.65. The molecule has 0 aliphatic heterocycles. The molecule has 1 aromatic heterocycles. The lowest BCUT2D eigenvalue weighted by Gasteiger charge is -1.94. The maximum absolute atomic E-state index is 5.66. The molecule has 1 heterocycles. The van der Waals surface area contributed by atoms with E-state index in [0.717, 1.165) is 22.4 Å². The van der Waals surface area contributed by atoms with E-state index in [1.54, 1.807) is 0 Å². The summed E-state index contributed by atoms with van der Waals surface area (Å²) in [6.45, 7) is 3.17. The van der Waals surface area contributed by atoms with Crippen molar-refractivity contribution >= 4 is 16.7 Å². The summed E-state index contributed by atoms with van der Waals surface area (Å²) < 4.78 is 10.8. The van der Waals surface area contributed by atoms with Crippen LogP contribution in [0, 0.1) is 0 Å². The summed E-state index contributed by atoms with van der Waals surface area (Å²) in [6.07, 6.45) is 0. The van der Waals surface area contributed by atoms with E-state index >= 15 is 0 Å². The van der Waals surface area contributed by atoms with Crippen LogP contribution in [0.3, 0.4) is 0 Å². The van der Waals surface area contributed by atoms with E-state index in [0.29, 0.717) is 13.2 Å². The molecule has 14 heavy (non-hydrogen) atoms. The van der Waals surface area contributed by atoms with Crippen LogP contribution in [0.4, 0.5) is 5.69 Å². The molecule has 0 aliphatic carbocycles. The predicted molar refractivity (Wildman–Crippen MR) is 56.0 cm³/mol. The summed E-state index contributed by atoms with van der Waals surface area (Å²) in [4.78, 5) is 0. The highest BCUT2D eigenvalue weighted by atomic mass is 16.5. The minimum absolute atomic E-state index is 0.519. The molecule has 3 nitrogen and oxygen atoms in total. The number of rotatable bonds is 3. The van der Waals surface area contributed by atoms with E-state index in [1.807, 2.05) is 31.2 Å². The molecule has 2 rings (SSSR count). The van der Waals surface area contributed by atoms with Crippen molar-refractivity contribution in [2.45, 2.75) is 13.5 Å².